The molecule has 0 saturated carbocycles. The maximum atomic E-state index is 12.3. The van der Waals surface area contributed by atoms with Crippen molar-refractivity contribution in [2.75, 3.05) is 0 Å². The molecule has 1 aromatic rings. The van der Waals surface area contributed by atoms with Gasteiger partial charge in [-0.2, -0.15) is 0 Å². The van der Waals surface area contributed by atoms with Crippen LogP contribution in [-0.4, -0.2) is 11.9 Å². The van der Waals surface area contributed by atoms with Crippen molar-refractivity contribution < 1.29 is 19.1 Å². The summed E-state index contributed by atoms with van der Waals surface area (Å²) in [5, 5.41) is 0. The predicted molar refractivity (Wildman–Crippen MR) is 175 cm³/mol. The SMILES string of the molecule is CCCCCCCCCCCCCCCC(=O)Oc1ccc(OC(=O)CCCCCCCCCCCCC)c(=O)cc1. The van der Waals surface area contributed by atoms with Gasteiger partial charge in [-0.3, -0.25) is 14.4 Å². The highest BCUT2D eigenvalue weighted by Crippen LogP contribution is 2.16. The number of hydrogen-bond acceptors (Lipinski definition) is 5. The van der Waals surface area contributed by atoms with Crippen LogP contribution in [0.25, 0.3) is 0 Å². The van der Waals surface area contributed by atoms with Crippen LogP contribution >= 0.6 is 0 Å². The van der Waals surface area contributed by atoms with Crippen molar-refractivity contribution in [1.82, 2.24) is 0 Å². The average Bonchev–Trinajstić information content (AvgIpc) is 3.15. The van der Waals surface area contributed by atoms with Crippen molar-refractivity contribution in [3.8, 4) is 11.5 Å². The molecule has 5 nitrogen and oxygen atoms in total. The second-order valence-corrected chi connectivity index (χ2v) is 12.0. The van der Waals surface area contributed by atoms with E-state index >= 15 is 0 Å². The first-order chi connectivity index (χ1) is 20.6. The van der Waals surface area contributed by atoms with Crippen molar-refractivity contribution in [2.45, 2.75) is 181 Å². The van der Waals surface area contributed by atoms with Crippen molar-refractivity contribution in [3.63, 3.8) is 0 Å². The number of carbonyl (C=O) groups is 2. The molecule has 0 heterocycles. The summed E-state index contributed by atoms with van der Waals surface area (Å²) in [4.78, 5) is 36.9. The first kappa shape index (κ1) is 37.9. The van der Waals surface area contributed by atoms with Gasteiger partial charge in [0.15, 0.2) is 5.75 Å². The Morgan fingerprint density at radius 3 is 1.19 bits per heavy atom. The molecule has 0 aliphatic carbocycles. The van der Waals surface area contributed by atoms with E-state index in [4.69, 9.17) is 9.47 Å². The number of hydrogen-bond donors (Lipinski definition) is 0. The van der Waals surface area contributed by atoms with Crippen LogP contribution in [0.15, 0.2) is 29.1 Å². The summed E-state index contributed by atoms with van der Waals surface area (Å²) in [6.45, 7) is 4.50. The minimum Gasteiger partial charge on any atom is -0.427 e. The van der Waals surface area contributed by atoms with E-state index < -0.39 is 11.4 Å². The monoisotopic (exact) mass is 586 g/mol. The van der Waals surface area contributed by atoms with E-state index in [-0.39, 0.29) is 11.7 Å². The summed E-state index contributed by atoms with van der Waals surface area (Å²) in [6.07, 6.45) is 30.4. The highest BCUT2D eigenvalue weighted by molar-refractivity contribution is 5.73. The number of carbonyl (C=O) groups excluding carboxylic acids is 2. The Labute approximate surface area is 257 Å². The van der Waals surface area contributed by atoms with Gasteiger partial charge in [0.1, 0.15) is 5.75 Å². The van der Waals surface area contributed by atoms with Crippen LogP contribution in [0.1, 0.15) is 181 Å². The molecule has 0 spiro atoms. The van der Waals surface area contributed by atoms with Gasteiger partial charge in [0.05, 0.1) is 0 Å². The van der Waals surface area contributed by atoms with Gasteiger partial charge < -0.3 is 9.47 Å². The van der Waals surface area contributed by atoms with Crippen LogP contribution in [0.5, 0.6) is 11.5 Å². The van der Waals surface area contributed by atoms with Crippen LogP contribution in [0.2, 0.25) is 0 Å². The summed E-state index contributed by atoms with van der Waals surface area (Å²) in [5.74, 6) is -0.428. The minimum atomic E-state index is -0.402. The fourth-order valence-corrected chi connectivity index (χ4v) is 5.26. The van der Waals surface area contributed by atoms with Gasteiger partial charge in [-0.25, -0.2) is 0 Å². The van der Waals surface area contributed by atoms with Crippen LogP contribution in [0.3, 0.4) is 0 Å². The molecule has 1 rings (SSSR count). The van der Waals surface area contributed by atoms with Gasteiger partial charge >= 0.3 is 11.9 Å². The minimum absolute atomic E-state index is 0.0261. The quantitative estimate of drug-likeness (QED) is 0.0721. The Balaban J connectivity index is 2.13. The Bertz CT molecular complexity index is 865. The predicted octanol–water partition coefficient (Wildman–Crippen LogP) is 11.0. The fourth-order valence-electron chi connectivity index (χ4n) is 5.26. The van der Waals surface area contributed by atoms with Gasteiger partial charge in [-0.1, -0.05) is 155 Å². The highest BCUT2D eigenvalue weighted by Gasteiger charge is 2.09. The van der Waals surface area contributed by atoms with Gasteiger partial charge in [-0.15, -0.1) is 0 Å². The number of rotatable bonds is 28. The molecule has 42 heavy (non-hydrogen) atoms. The summed E-state index contributed by atoms with van der Waals surface area (Å²) >= 11 is 0. The fraction of sp³-hybridized carbons (Fsp3) is 0.757. The van der Waals surface area contributed by atoms with E-state index in [9.17, 15) is 14.4 Å². The first-order valence-electron chi connectivity index (χ1n) is 17.6. The standard InChI is InChI=1S/C37H62O5/c1-3-5-7-9-11-13-15-16-18-20-21-23-25-27-36(39)41-33-29-31-34(38)35(32-30-33)42-37(40)28-26-24-22-19-17-14-12-10-8-6-4-2/h29-32H,3-28H2,1-2H3. The third-order valence-electron chi connectivity index (χ3n) is 7.97. The van der Waals surface area contributed by atoms with Crippen LogP contribution < -0.4 is 14.9 Å². The number of ether oxygens (including phenoxy) is 2. The van der Waals surface area contributed by atoms with E-state index in [1.165, 1.54) is 140 Å². The topological polar surface area (TPSA) is 69.7 Å². The smallest absolute Gasteiger partial charge is 0.311 e. The second-order valence-electron chi connectivity index (χ2n) is 12.0. The molecule has 0 N–H and O–H groups in total. The maximum absolute atomic E-state index is 12.3. The van der Waals surface area contributed by atoms with Gasteiger partial charge in [0, 0.05) is 12.8 Å². The molecule has 5 heteroatoms. The molecular formula is C37H62O5. The molecule has 1 aromatic carbocycles. The Kier molecular flexibility index (Phi) is 24.9. The van der Waals surface area contributed by atoms with Gasteiger partial charge in [0.25, 0.3) is 0 Å². The van der Waals surface area contributed by atoms with E-state index in [0.29, 0.717) is 18.6 Å². The molecule has 0 bridgehead atoms. The lowest BCUT2D eigenvalue weighted by Gasteiger charge is -2.04. The van der Waals surface area contributed by atoms with Crippen LogP contribution in [0, 0.1) is 0 Å². The molecule has 240 valence electrons. The Morgan fingerprint density at radius 2 is 0.786 bits per heavy atom. The third kappa shape index (κ3) is 22.4. The zero-order valence-corrected chi connectivity index (χ0v) is 27.2. The van der Waals surface area contributed by atoms with Gasteiger partial charge in [0.2, 0.25) is 5.43 Å². The van der Waals surface area contributed by atoms with Crippen molar-refractivity contribution >= 4 is 11.9 Å². The van der Waals surface area contributed by atoms with Crippen LogP contribution in [0.4, 0.5) is 0 Å². The maximum Gasteiger partial charge on any atom is 0.311 e. The molecule has 0 aliphatic heterocycles. The van der Waals surface area contributed by atoms with Gasteiger partial charge in [-0.05, 0) is 37.1 Å². The molecule has 0 aromatic heterocycles. The Hall–Kier alpha value is -2.17. The number of unbranched alkanes of at least 4 members (excludes halogenated alkanes) is 22. The summed E-state index contributed by atoms with van der Waals surface area (Å²) in [7, 11) is 0. The van der Waals surface area contributed by atoms with E-state index in [0.717, 1.165) is 38.5 Å². The molecular weight excluding hydrogens is 524 g/mol. The summed E-state index contributed by atoms with van der Waals surface area (Å²) in [6, 6.07) is 5.70. The third-order valence-corrected chi connectivity index (χ3v) is 7.97. The molecule has 0 aliphatic rings. The van der Waals surface area contributed by atoms with Crippen molar-refractivity contribution in [1.29, 1.82) is 0 Å². The molecule has 0 amide bonds. The summed E-state index contributed by atoms with van der Waals surface area (Å²) < 4.78 is 10.7. The zero-order valence-electron chi connectivity index (χ0n) is 27.2. The lowest BCUT2D eigenvalue weighted by Crippen LogP contribution is -2.12. The molecule has 0 radical (unpaired) electrons. The first-order valence-corrected chi connectivity index (χ1v) is 17.6. The van der Waals surface area contributed by atoms with E-state index in [1.54, 1.807) is 0 Å². The molecule has 0 unspecified atom stereocenters. The molecule has 0 atom stereocenters. The summed E-state index contributed by atoms with van der Waals surface area (Å²) in [5.41, 5.74) is -0.402. The Morgan fingerprint density at radius 1 is 0.452 bits per heavy atom. The molecule has 0 saturated heterocycles. The normalized spacial score (nSPS) is 11.0. The average molecular weight is 587 g/mol. The second kappa shape index (κ2) is 27.7. The zero-order chi connectivity index (χ0) is 30.5. The lowest BCUT2D eigenvalue weighted by molar-refractivity contribution is -0.135. The highest BCUT2D eigenvalue weighted by atomic mass is 16.5. The van der Waals surface area contributed by atoms with Crippen LogP contribution in [-0.2, 0) is 9.59 Å². The number of esters is 2. The van der Waals surface area contributed by atoms with Crippen molar-refractivity contribution in [2.24, 2.45) is 0 Å². The van der Waals surface area contributed by atoms with E-state index in [2.05, 4.69) is 13.8 Å². The molecule has 0 fully saturated rings. The van der Waals surface area contributed by atoms with Crippen molar-refractivity contribution in [3.05, 3.63) is 34.5 Å². The lowest BCUT2D eigenvalue weighted by atomic mass is 10.0. The largest absolute Gasteiger partial charge is 0.427 e. The van der Waals surface area contributed by atoms with E-state index in [1.807, 2.05) is 0 Å².